The van der Waals surface area contributed by atoms with Crippen LogP contribution in [0.25, 0.3) is 16.6 Å². The molecule has 0 bridgehead atoms. The normalized spacial score (nSPS) is 15.7. The molecule has 9 nitrogen and oxygen atoms in total. The van der Waals surface area contributed by atoms with E-state index in [0.717, 1.165) is 22.2 Å². The van der Waals surface area contributed by atoms with Gasteiger partial charge in [0.2, 0.25) is 15.9 Å². The van der Waals surface area contributed by atoms with Crippen LogP contribution in [0.2, 0.25) is 0 Å². The SMILES string of the molecule is COc1cc(C(Oc2ccc3c(cnn3-c3cccnc3)c2)C(C)NS(=O)(=O)C2CC2)ccn1. The minimum atomic E-state index is -3.41. The van der Waals surface area contributed by atoms with Crippen LogP contribution in [0.3, 0.4) is 0 Å². The van der Waals surface area contributed by atoms with Crippen LogP contribution in [-0.4, -0.2) is 46.6 Å². The molecule has 2 atom stereocenters. The molecule has 176 valence electrons. The minimum absolute atomic E-state index is 0.322. The summed E-state index contributed by atoms with van der Waals surface area (Å²) in [6.07, 6.45) is 7.62. The summed E-state index contributed by atoms with van der Waals surface area (Å²) in [4.78, 5) is 8.32. The fraction of sp³-hybridized carbons (Fsp3) is 0.292. The van der Waals surface area contributed by atoms with Gasteiger partial charge >= 0.3 is 0 Å². The monoisotopic (exact) mass is 479 g/mol. The fourth-order valence-electron chi connectivity index (χ4n) is 3.88. The molecule has 1 aliphatic rings. The number of fused-ring (bicyclic) bond motifs is 1. The van der Waals surface area contributed by atoms with Crippen molar-refractivity contribution in [2.24, 2.45) is 0 Å². The molecule has 0 radical (unpaired) electrons. The summed E-state index contributed by atoms with van der Waals surface area (Å²) in [7, 11) is -1.87. The molecule has 1 fully saturated rings. The van der Waals surface area contributed by atoms with E-state index in [-0.39, 0.29) is 5.25 Å². The number of aromatic nitrogens is 4. The minimum Gasteiger partial charge on any atom is -0.484 e. The maximum Gasteiger partial charge on any atom is 0.214 e. The summed E-state index contributed by atoms with van der Waals surface area (Å²) in [5, 5.41) is 5.05. The van der Waals surface area contributed by atoms with Gasteiger partial charge in [-0.05, 0) is 56.2 Å². The molecule has 0 spiro atoms. The van der Waals surface area contributed by atoms with E-state index in [1.807, 2.05) is 35.0 Å². The van der Waals surface area contributed by atoms with Crippen molar-refractivity contribution in [2.75, 3.05) is 7.11 Å². The Morgan fingerprint density at radius 2 is 1.97 bits per heavy atom. The molecular formula is C24H25N5O4S. The van der Waals surface area contributed by atoms with Gasteiger partial charge in [-0.1, -0.05) is 0 Å². The van der Waals surface area contributed by atoms with Gasteiger partial charge < -0.3 is 9.47 Å². The molecule has 0 amide bonds. The van der Waals surface area contributed by atoms with E-state index in [1.54, 1.807) is 43.8 Å². The second-order valence-electron chi connectivity index (χ2n) is 8.31. The molecule has 34 heavy (non-hydrogen) atoms. The summed E-state index contributed by atoms with van der Waals surface area (Å²) < 4.78 is 41.5. The molecule has 1 N–H and O–H groups in total. The lowest BCUT2D eigenvalue weighted by Gasteiger charge is -2.26. The summed E-state index contributed by atoms with van der Waals surface area (Å²) >= 11 is 0. The number of ether oxygens (including phenoxy) is 2. The highest BCUT2D eigenvalue weighted by molar-refractivity contribution is 7.90. The number of hydrogen-bond donors (Lipinski definition) is 1. The summed E-state index contributed by atoms with van der Waals surface area (Å²) in [5.41, 5.74) is 2.52. The third-order valence-electron chi connectivity index (χ3n) is 5.76. The zero-order chi connectivity index (χ0) is 23.7. The van der Waals surface area contributed by atoms with Crippen LogP contribution >= 0.6 is 0 Å². The quantitative estimate of drug-likeness (QED) is 0.392. The Morgan fingerprint density at radius 1 is 1.12 bits per heavy atom. The Bertz CT molecular complexity index is 1400. The van der Waals surface area contributed by atoms with Crippen molar-refractivity contribution in [3.63, 3.8) is 0 Å². The van der Waals surface area contributed by atoms with Crippen LogP contribution in [0.4, 0.5) is 0 Å². The number of rotatable bonds is 9. The molecule has 3 heterocycles. The molecule has 10 heteroatoms. The highest BCUT2D eigenvalue weighted by Gasteiger charge is 2.38. The number of nitrogens with one attached hydrogen (secondary N) is 1. The second-order valence-corrected chi connectivity index (χ2v) is 10.3. The Morgan fingerprint density at radius 3 is 2.71 bits per heavy atom. The maximum absolute atomic E-state index is 12.6. The van der Waals surface area contributed by atoms with Gasteiger partial charge in [-0.2, -0.15) is 5.10 Å². The van der Waals surface area contributed by atoms with Crippen molar-refractivity contribution >= 4 is 20.9 Å². The number of pyridine rings is 2. The van der Waals surface area contributed by atoms with Crippen molar-refractivity contribution in [3.8, 4) is 17.3 Å². The van der Waals surface area contributed by atoms with Gasteiger partial charge in [0.05, 0.1) is 42.0 Å². The van der Waals surface area contributed by atoms with Crippen LogP contribution in [0.5, 0.6) is 11.6 Å². The second kappa shape index (κ2) is 9.03. The number of nitrogens with zero attached hydrogens (tertiary/aromatic N) is 4. The predicted molar refractivity (Wildman–Crippen MR) is 128 cm³/mol. The fourth-order valence-corrected chi connectivity index (χ4v) is 5.47. The van der Waals surface area contributed by atoms with Gasteiger partial charge in [0, 0.05) is 29.4 Å². The number of sulfonamides is 1. The topological polar surface area (TPSA) is 108 Å². The first kappa shape index (κ1) is 22.3. The van der Waals surface area contributed by atoms with Gasteiger partial charge in [-0.3, -0.25) is 4.98 Å². The van der Waals surface area contributed by atoms with Gasteiger partial charge in [-0.15, -0.1) is 0 Å². The van der Waals surface area contributed by atoms with Gasteiger partial charge in [0.25, 0.3) is 0 Å². The first-order valence-corrected chi connectivity index (χ1v) is 12.5. The van der Waals surface area contributed by atoms with E-state index in [2.05, 4.69) is 19.8 Å². The van der Waals surface area contributed by atoms with E-state index >= 15 is 0 Å². The van der Waals surface area contributed by atoms with Crippen molar-refractivity contribution in [3.05, 3.63) is 72.8 Å². The largest absolute Gasteiger partial charge is 0.484 e. The lowest BCUT2D eigenvalue weighted by Crippen LogP contribution is -2.40. The summed E-state index contributed by atoms with van der Waals surface area (Å²) in [6, 6.07) is 12.5. The van der Waals surface area contributed by atoms with Gasteiger partial charge in [0.15, 0.2) is 0 Å². The van der Waals surface area contributed by atoms with Crippen LogP contribution in [0.1, 0.15) is 31.4 Å². The highest BCUT2D eigenvalue weighted by Crippen LogP contribution is 2.32. The Labute approximate surface area is 197 Å². The molecule has 0 aliphatic heterocycles. The Kier molecular flexibility index (Phi) is 5.93. The van der Waals surface area contributed by atoms with E-state index in [4.69, 9.17) is 9.47 Å². The van der Waals surface area contributed by atoms with E-state index in [0.29, 0.717) is 24.5 Å². The summed E-state index contributed by atoms with van der Waals surface area (Å²) in [6.45, 7) is 1.80. The molecule has 4 aromatic rings. The third-order valence-corrected chi connectivity index (χ3v) is 7.81. The van der Waals surface area contributed by atoms with Crippen molar-refractivity contribution < 1.29 is 17.9 Å². The lowest BCUT2D eigenvalue weighted by atomic mass is 10.1. The zero-order valence-corrected chi connectivity index (χ0v) is 19.6. The molecule has 2 unspecified atom stereocenters. The standard InChI is InChI=1S/C24H25N5O4S/c1-16(28-34(30,31)21-6-7-21)24(17-9-11-26-23(13-17)32-2)33-20-5-8-22-18(12-20)14-27-29(22)19-4-3-10-25-15-19/h3-5,8-16,21,24,28H,6-7H2,1-2H3. The molecule has 1 aromatic carbocycles. The molecule has 1 saturated carbocycles. The number of hydrogen-bond acceptors (Lipinski definition) is 7. The van der Waals surface area contributed by atoms with Crippen LogP contribution in [0, 0.1) is 0 Å². The molecule has 5 rings (SSSR count). The third kappa shape index (κ3) is 4.59. The Hall–Kier alpha value is -3.50. The van der Waals surface area contributed by atoms with E-state index < -0.39 is 22.2 Å². The van der Waals surface area contributed by atoms with Gasteiger partial charge in [0.1, 0.15) is 11.9 Å². The zero-order valence-electron chi connectivity index (χ0n) is 18.8. The summed E-state index contributed by atoms with van der Waals surface area (Å²) in [5.74, 6) is 1.02. The average molecular weight is 480 g/mol. The molecule has 0 saturated heterocycles. The van der Waals surface area contributed by atoms with E-state index in [1.165, 1.54) is 7.11 Å². The number of benzene rings is 1. The molecule has 1 aliphatic carbocycles. The van der Waals surface area contributed by atoms with Crippen molar-refractivity contribution in [1.82, 2.24) is 24.5 Å². The van der Waals surface area contributed by atoms with Crippen LogP contribution in [-0.2, 0) is 10.0 Å². The lowest BCUT2D eigenvalue weighted by molar-refractivity contribution is 0.172. The highest BCUT2D eigenvalue weighted by atomic mass is 32.2. The van der Waals surface area contributed by atoms with Gasteiger partial charge in [-0.25, -0.2) is 22.8 Å². The Balaban J connectivity index is 1.46. The smallest absolute Gasteiger partial charge is 0.214 e. The maximum atomic E-state index is 12.6. The first-order chi connectivity index (χ1) is 16.4. The van der Waals surface area contributed by atoms with Crippen LogP contribution < -0.4 is 14.2 Å². The molecule has 3 aromatic heterocycles. The van der Waals surface area contributed by atoms with Crippen LogP contribution in [0.15, 0.2) is 67.3 Å². The average Bonchev–Trinajstić information content (AvgIpc) is 3.64. The number of methoxy groups -OCH3 is 1. The molecular weight excluding hydrogens is 454 g/mol. The van der Waals surface area contributed by atoms with Crippen molar-refractivity contribution in [1.29, 1.82) is 0 Å². The predicted octanol–water partition coefficient (Wildman–Crippen LogP) is 3.41. The first-order valence-electron chi connectivity index (χ1n) is 11.0. The van der Waals surface area contributed by atoms with E-state index in [9.17, 15) is 8.42 Å². The van der Waals surface area contributed by atoms with Crippen molar-refractivity contribution in [2.45, 2.75) is 37.2 Å².